The van der Waals surface area contributed by atoms with Gasteiger partial charge in [-0.05, 0) is 50.1 Å². The van der Waals surface area contributed by atoms with E-state index in [0.717, 1.165) is 29.0 Å². The molecule has 1 heterocycles. The van der Waals surface area contributed by atoms with Crippen molar-refractivity contribution in [2.24, 2.45) is 4.99 Å². The molecule has 0 aromatic heterocycles. The fourth-order valence-electron chi connectivity index (χ4n) is 3.53. The maximum absolute atomic E-state index is 13.0. The average molecular weight is 390 g/mol. The number of aliphatic imine (C=N–C) groups is 1. The zero-order valence-electron chi connectivity index (χ0n) is 17.1. The van der Waals surface area contributed by atoms with E-state index in [9.17, 15) is 9.59 Å². The van der Waals surface area contributed by atoms with Crippen molar-refractivity contribution in [3.05, 3.63) is 77.4 Å². The van der Waals surface area contributed by atoms with Crippen LogP contribution in [0, 0.1) is 0 Å². The average Bonchev–Trinajstić information content (AvgIpc) is 2.71. The molecule has 1 aliphatic rings. The molecular formula is C24H26N2O3. The number of Topliss-reactive ketones (excluding diaryl/α,β-unsaturated/α-hetero) is 1. The van der Waals surface area contributed by atoms with Gasteiger partial charge in [0.25, 0.3) is 5.91 Å². The summed E-state index contributed by atoms with van der Waals surface area (Å²) in [5, 5.41) is 2.73. The lowest BCUT2D eigenvalue weighted by Gasteiger charge is -2.29. The normalized spacial score (nSPS) is 14.4. The molecule has 0 bridgehead atoms. The highest BCUT2D eigenvalue weighted by molar-refractivity contribution is 6.17. The molecule has 5 nitrogen and oxygen atoms in total. The van der Waals surface area contributed by atoms with Gasteiger partial charge in [-0.1, -0.05) is 24.3 Å². The number of amides is 1. The molecule has 150 valence electrons. The number of carbonyl (C=O) groups excluding carboxylic acids is 2. The lowest BCUT2D eigenvalue weighted by molar-refractivity contribution is 0.0958. The highest BCUT2D eigenvalue weighted by Crippen LogP contribution is 2.31. The van der Waals surface area contributed by atoms with Crippen molar-refractivity contribution in [2.45, 2.75) is 32.2 Å². The number of rotatable bonds is 7. The molecule has 0 unspecified atom stereocenters. The van der Waals surface area contributed by atoms with Gasteiger partial charge in [-0.2, -0.15) is 0 Å². The number of methoxy groups -OCH3 is 1. The molecule has 1 amide bonds. The molecule has 3 rings (SSSR count). The first kappa shape index (κ1) is 20.5. The molecule has 0 saturated heterocycles. The number of hydrogen-bond donors (Lipinski definition) is 1. The summed E-state index contributed by atoms with van der Waals surface area (Å²) in [5.74, 6) is 0.434. The Balaban J connectivity index is 1.88. The Bertz CT molecular complexity index is 989. The monoisotopic (exact) mass is 390 g/mol. The van der Waals surface area contributed by atoms with Crippen LogP contribution in [0.25, 0.3) is 0 Å². The number of benzene rings is 2. The molecular weight excluding hydrogens is 364 g/mol. The van der Waals surface area contributed by atoms with Crippen LogP contribution in [0.2, 0.25) is 0 Å². The lowest BCUT2D eigenvalue weighted by Crippen LogP contribution is -2.30. The Morgan fingerprint density at radius 3 is 2.69 bits per heavy atom. The first-order chi connectivity index (χ1) is 13.8. The predicted molar refractivity (Wildman–Crippen MR) is 115 cm³/mol. The summed E-state index contributed by atoms with van der Waals surface area (Å²) in [6.07, 6.45) is 2.59. The smallest absolute Gasteiger partial charge is 0.251 e. The topological polar surface area (TPSA) is 67.8 Å². The predicted octanol–water partition coefficient (Wildman–Crippen LogP) is 4.01. The Morgan fingerprint density at radius 2 is 1.97 bits per heavy atom. The van der Waals surface area contributed by atoms with Gasteiger partial charge in [-0.25, -0.2) is 0 Å². The van der Waals surface area contributed by atoms with Crippen molar-refractivity contribution in [2.75, 3.05) is 13.7 Å². The quantitative estimate of drug-likeness (QED) is 0.574. The fraction of sp³-hybridized carbons (Fsp3) is 0.292. The summed E-state index contributed by atoms with van der Waals surface area (Å²) in [7, 11) is 1.62. The zero-order chi connectivity index (χ0) is 21.0. The van der Waals surface area contributed by atoms with Crippen molar-refractivity contribution in [3.8, 4) is 5.75 Å². The largest absolute Gasteiger partial charge is 0.497 e. The number of nitrogens with one attached hydrogen (secondary N) is 1. The van der Waals surface area contributed by atoms with Crippen molar-refractivity contribution < 1.29 is 14.3 Å². The Hall–Kier alpha value is -3.21. The van der Waals surface area contributed by atoms with Crippen LogP contribution in [-0.4, -0.2) is 36.6 Å². The Kier molecular flexibility index (Phi) is 5.97. The van der Waals surface area contributed by atoms with Crippen LogP contribution in [0.5, 0.6) is 5.75 Å². The van der Waals surface area contributed by atoms with E-state index in [1.165, 1.54) is 0 Å². The fourth-order valence-corrected chi connectivity index (χ4v) is 3.53. The molecule has 0 spiro atoms. The molecule has 0 atom stereocenters. The molecule has 5 heteroatoms. The standard InChI is InChI=1S/C24H26N2O3/c1-5-11-25-23(28)17-8-6-7-16(12-17)22(27)14-21-20-13-19(29-4)10-9-18(20)15-24(2,3)26-21/h5-10,12-13H,1,11,14-15H2,2-4H3,(H,25,28). The van der Waals surface area contributed by atoms with Gasteiger partial charge in [0.15, 0.2) is 5.78 Å². The van der Waals surface area contributed by atoms with E-state index < -0.39 is 0 Å². The number of hydrogen-bond acceptors (Lipinski definition) is 4. The first-order valence-corrected chi connectivity index (χ1v) is 9.61. The molecule has 0 fully saturated rings. The van der Waals surface area contributed by atoms with Gasteiger partial charge in [0.05, 0.1) is 24.8 Å². The van der Waals surface area contributed by atoms with Crippen molar-refractivity contribution in [1.29, 1.82) is 0 Å². The van der Waals surface area contributed by atoms with Gasteiger partial charge in [-0.3, -0.25) is 14.6 Å². The van der Waals surface area contributed by atoms with E-state index in [2.05, 4.69) is 25.7 Å². The van der Waals surface area contributed by atoms with Crippen molar-refractivity contribution in [3.63, 3.8) is 0 Å². The van der Waals surface area contributed by atoms with Crippen LogP contribution >= 0.6 is 0 Å². The summed E-state index contributed by atoms with van der Waals surface area (Å²) in [6, 6.07) is 12.7. The Labute approximate surface area is 171 Å². The summed E-state index contributed by atoms with van der Waals surface area (Å²) in [6.45, 7) is 8.09. The third kappa shape index (κ3) is 4.80. The third-order valence-corrected chi connectivity index (χ3v) is 4.87. The molecule has 2 aromatic rings. The first-order valence-electron chi connectivity index (χ1n) is 9.61. The zero-order valence-corrected chi connectivity index (χ0v) is 17.1. The van der Waals surface area contributed by atoms with E-state index in [1.807, 2.05) is 18.2 Å². The Morgan fingerprint density at radius 1 is 1.21 bits per heavy atom. The number of fused-ring (bicyclic) bond motifs is 1. The molecule has 1 aliphatic heterocycles. The maximum atomic E-state index is 13.0. The SMILES string of the molecule is C=CCNC(=O)c1cccc(C(=O)CC2=NC(C)(C)Cc3ccc(OC)cc32)c1. The summed E-state index contributed by atoms with van der Waals surface area (Å²) >= 11 is 0. The van der Waals surface area contributed by atoms with Gasteiger partial charge in [0.2, 0.25) is 0 Å². The van der Waals surface area contributed by atoms with Gasteiger partial charge in [0, 0.05) is 23.2 Å². The lowest BCUT2D eigenvalue weighted by atomic mass is 9.85. The maximum Gasteiger partial charge on any atom is 0.251 e. The van der Waals surface area contributed by atoms with Gasteiger partial charge >= 0.3 is 0 Å². The van der Waals surface area contributed by atoms with Crippen LogP contribution in [0.15, 0.2) is 60.1 Å². The van der Waals surface area contributed by atoms with Crippen molar-refractivity contribution in [1.82, 2.24) is 5.32 Å². The molecule has 1 N–H and O–H groups in total. The van der Waals surface area contributed by atoms with Crippen LogP contribution < -0.4 is 10.1 Å². The second-order valence-electron chi connectivity index (χ2n) is 7.75. The van der Waals surface area contributed by atoms with Crippen molar-refractivity contribution >= 4 is 17.4 Å². The molecule has 0 aliphatic carbocycles. The van der Waals surface area contributed by atoms with Crippen LogP contribution in [-0.2, 0) is 6.42 Å². The van der Waals surface area contributed by atoms with Crippen LogP contribution in [0.3, 0.4) is 0 Å². The minimum Gasteiger partial charge on any atom is -0.497 e. The number of nitrogens with zero attached hydrogens (tertiary/aromatic N) is 1. The second kappa shape index (κ2) is 8.43. The van der Waals surface area contributed by atoms with Gasteiger partial charge < -0.3 is 10.1 Å². The summed E-state index contributed by atoms with van der Waals surface area (Å²) < 4.78 is 5.35. The third-order valence-electron chi connectivity index (χ3n) is 4.87. The molecule has 2 aromatic carbocycles. The van der Waals surface area contributed by atoms with Crippen LogP contribution in [0.1, 0.15) is 52.1 Å². The van der Waals surface area contributed by atoms with E-state index in [0.29, 0.717) is 17.7 Å². The summed E-state index contributed by atoms with van der Waals surface area (Å²) in [4.78, 5) is 30.0. The van der Waals surface area contributed by atoms with E-state index in [-0.39, 0.29) is 23.7 Å². The second-order valence-corrected chi connectivity index (χ2v) is 7.75. The summed E-state index contributed by atoms with van der Waals surface area (Å²) in [5.41, 5.74) is 3.53. The highest BCUT2D eigenvalue weighted by atomic mass is 16.5. The van der Waals surface area contributed by atoms with Gasteiger partial charge in [-0.15, -0.1) is 6.58 Å². The van der Waals surface area contributed by atoms with Crippen LogP contribution in [0.4, 0.5) is 0 Å². The van der Waals surface area contributed by atoms with Gasteiger partial charge in [0.1, 0.15) is 5.75 Å². The molecule has 0 radical (unpaired) electrons. The minimum atomic E-state index is -0.274. The molecule has 0 saturated carbocycles. The number of ketones is 1. The molecule has 29 heavy (non-hydrogen) atoms. The number of carbonyl (C=O) groups is 2. The van der Waals surface area contributed by atoms with E-state index >= 15 is 0 Å². The minimum absolute atomic E-state index is 0.0754. The van der Waals surface area contributed by atoms with E-state index in [1.54, 1.807) is 37.5 Å². The number of ether oxygens (including phenoxy) is 1. The van der Waals surface area contributed by atoms with E-state index in [4.69, 9.17) is 9.73 Å². The highest BCUT2D eigenvalue weighted by Gasteiger charge is 2.28.